The summed E-state index contributed by atoms with van der Waals surface area (Å²) in [5.74, 6) is -0.00441. The summed E-state index contributed by atoms with van der Waals surface area (Å²) in [5, 5.41) is 9.71. The summed E-state index contributed by atoms with van der Waals surface area (Å²) < 4.78 is 13.4. The minimum atomic E-state index is -0.340. The van der Waals surface area contributed by atoms with Crippen LogP contribution < -0.4 is 0 Å². The number of carbonyl (C=O) groups excluding carboxylic acids is 1. The third-order valence-corrected chi connectivity index (χ3v) is 4.69. The van der Waals surface area contributed by atoms with E-state index in [4.69, 9.17) is 0 Å². The highest BCUT2D eigenvalue weighted by atomic mass is 19.1. The van der Waals surface area contributed by atoms with Crippen molar-refractivity contribution in [3.8, 4) is 0 Å². The normalized spacial score (nSPS) is 20.2. The zero-order chi connectivity index (χ0) is 17.9. The molecular formula is C19H29FN2O2. The Morgan fingerprint density at radius 3 is 2.71 bits per heavy atom. The van der Waals surface area contributed by atoms with Crippen molar-refractivity contribution in [1.82, 2.24) is 9.80 Å². The van der Waals surface area contributed by atoms with Crippen LogP contribution in [0.15, 0.2) is 24.3 Å². The van der Waals surface area contributed by atoms with Crippen molar-refractivity contribution in [2.45, 2.75) is 52.3 Å². The van der Waals surface area contributed by atoms with Crippen LogP contribution >= 0.6 is 0 Å². The van der Waals surface area contributed by atoms with Gasteiger partial charge in [-0.1, -0.05) is 12.1 Å². The largest absolute Gasteiger partial charge is 0.393 e. The van der Waals surface area contributed by atoms with Crippen LogP contribution in [0, 0.1) is 11.7 Å². The Bertz CT molecular complexity index is 569. The molecule has 1 amide bonds. The number of hydrogen-bond donors (Lipinski definition) is 1. The summed E-state index contributed by atoms with van der Waals surface area (Å²) in [7, 11) is 0. The predicted octanol–water partition coefficient (Wildman–Crippen LogP) is 2.66. The first kappa shape index (κ1) is 18.9. The van der Waals surface area contributed by atoms with Gasteiger partial charge in [0.25, 0.3) is 0 Å². The number of aliphatic hydroxyl groups is 1. The number of likely N-dealkylation sites (tertiary alicyclic amines) is 1. The monoisotopic (exact) mass is 336 g/mol. The Morgan fingerprint density at radius 1 is 1.46 bits per heavy atom. The molecule has 4 nitrogen and oxygen atoms in total. The molecule has 2 rings (SSSR count). The number of hydrogen-bond acceptors (Lipinski definition) is 3. The number of benzene rings is 1. The van der Waals surface area contributed by atoms with Crippen molar-refractivity contribution in [2.24, 2.45) is 5.92 Å². The molecule has 0 aliphatic carbocycles. The molecule has 24 heavy (non-hydrogen) atoms. The second-order valence-corrected chi connectivity index (χ2v) is 7.81. The van der Waals surface area contributed by atoms with Gasteiger partial charge in [0.2, 0.25) is 5.91 Å². The van der Waals surface area contributed by atoms with Crippen LogP contribution in [0.25, 0.3) is 0 Å². The van der Waals surface area contributed by atoms with Crippen LogP contribution in [0.4, 0.5) is 4.39 Å². The van der Waals surface area contributed by atoms with Gasteiger partial charge in [-0.2, -0.15) is 0 Å². The van der Waals surface area contributed by atoms with Gasteiger partial charge in [0.05, 0.1) is 12.6 Å². The van der Waals surface area contributed by atoms with Crippen molar-refractivity contribution in [2.75, 3.05) is 19.6 Å². The molecule has 1 aliphatic heterocycles. The van der Waals surface area contributed by atoms with Crippen molar-refractivity contribution >= 4 is 5.91 Å². The maximum Gasteiger partial charge on any atom is 0.237 e. The Morgan fingerprint density at radius 2 is 2.17 bits per heavy atom. The molecular weight excluding hydrogens is 307 g/mol. The number of amides is 1. The number of nitrogens with zero attached hydrogens (tertiary/aromatic N) is 2. The van der Waals surface area contributed by atoms with Gasteiger partial charge < -0.3 is 10.0 Å². The van der Waals surface area contributed by atoms with Crippen molar-refractivity contribution < 1.29 is 14.3 Å². The fraction of sp³-hybridized carbons (Fsp3) is 0.632. The van der Waals surface area contributed by atoms with E-state index in [-0.39, 0.29) is 29.3 Å². The van der Waals surface area contributed by atoms with Crippen LogP contribution in [-0.4, -0.2) is 52.1 Å². The van der Waals surface area contributed by atoms with Gasteiger partial charge in [-0.3, -0.25) is 9.69 Å². The summed E-state index contributed by atoms with van der Waals surface area (Å²) in [6, 6.07) is 6.40. The van der Waals surface area contributed by atoms with E-state index in [1.807, 2.05) is 26.8 Å². The summed E-state index contributed by atoms with van der Waals surface area (Å²) in [6.45, 7) is 10.1. The average Bonchev–Trinajstić information content (AvgIpc) is 2.92. The molecule has 1 aromatic carbocycles. The molecule has 0 spiro atoms. The molecule has 0 saturated carbocycles. The Balaban J connectivity index is 2.04. The minimum Gasteiger partial charge on any atom is -0.393 e. The van der Waals surface area contributed by atoms with E-state index in [9.17, 15) is 14.3 Å². The standard InChI is InChI=1S/C19H29FN2O2/c1-14(23)16-8-9-21(12-16)13-18(24)22(19(2,3)4)11-15-6-5-7-17(20)10-15/h5-7,10,14,16,23H,8-9,11-13H2,1-4H3. The van der Waals surface area contributed by atoms with Crippen LogP contribution in [0.5, 0.6) is 0 Å². The van der Waals surface area contributed by atoms with Crippen molar-refractivity contribution in [1.29, 1.82) is 0 Å². The van der Waals surface area contributed by atoms with E-state index in [2.05, 4.69) is 4.90 Å². The van der Waals surface area contributed by atoms with Crippen LogP contribution in [-0.2, 0) is 11.3 Å². The molecule has 2 atom stereocenters. The zero-order valence-electron chi connectivity index (χ0n) is 15.1. The first-order valence-electron chi connectivity index (χ1n) is 8.62. The molecule has 5 heteroatoms. The average molecular weight is 336 g/mol. The first-order chi connectivity index (χ1) is 11.2. The number of aliphatic hydroxyl groups excluding tert-OH is 1. The lowest BCUT2D eigenvalue weighted by Gasteiger charge is -2.37. The minimum absolute atomic E-state index is 0.0398. The lowest BCUT2D eigenvalue weighted by molar-refractivity contribution is -0.137. The Kier molecular flexibility index (Phi) is 5.99. The Labute approximate surface area is 144 Å². The van der Waals surface area contributed by atoms with E-state index >= 15 is 0 Å². The van der Waals surface area contributed by atoms with E-state index in [0.29, 0.717) is 13.1 Å². The highest BCUT2D eigenvalue weighted by Gasteiger charge is 2.31. The fourth-order valence-electron chi connectivity index (χ4n) is 3.19. The Hall–Kier alpha value is -1.46. The second kappa shape index (κ2) is 7.62. The van der Waals surface area contributed by atoms with E-state index < -0.39 is 0 Å². The first-order valence-corrected chi connectivity index (χ1v) is 8.62. The van der Waals surface area contributed by atoms with Crippen LogP contribution in [0.3, 0.4) is 0 Å². The fourth-order valence-corrected chi connectivity index (χ4v) is 3.19. The van der Waals surface area contributed by atoms with E-state index in [0.717, 1.165) is 25.1 Å². The van der Waals surface area contributed by atoms with Gasteiger partial charge in [-0.05, 0) is 64.3 Å². The molecule has 2 unspecified atom stereocenters. The quantitative estimate of drug-likeness (QED) is 0.899. The number of halogens is 1. The van der Waals surface area contributed by atoms with E-state index in [1.165, 1.54) is 12.1 Å². The topological polar surface area (TPSA) is 43.8 Å². The number of carbonyl (C=O) groups is 1. The highest BCUT2D eigenvalue weighted by molar-refractivity contribution is 5.79. The molecule has 1 heterocycles. The summed E-state index contributed by atoms with van der Waals surface area (Å²) in [4.78, 5) is 16.7. The smallest absolute Gasteiger partial charge is 0.237 e. The molecule has 1 N–H and O–H groups in total. The lowest BCUT2D eigenvalue weighted by Crippen LogP contribution is -2.49. The molecule has 0 bridgehead atoms. The SMILES string of the molecule is CC(O)C1CCN(CC(=O)N(Cc2cccc(F)c2)C(C)(C)C)C1. The summed E-state index contributed by atoms with van der Waals surface area (Å²) in [5.41, 5.74) is 0.453. The third kappa shape index (κ3) is 5.02. The van der Waals surface area contributed by atoms with Gasteiger partial charge in [-0.25, -0.2) is 4.39 Å². The second-order valence-electron chi connectivity index (χ2n) is 7.81. The maximum atomic E-state index is 13.4. The zero-order valence-corrected chi connectivity index (χ0v) is 15.1. The summed E-state index contributed by atoms with van der Waals surface area (Å²) in [6.07, 6.45) is 0.584. The van der Waals surface area contributed by atoms with Crippen molar-refractivity contribution in [3.63, 3.8) is 0 Å². The molecule has 0 radical (unpaired) electrons. The number of rotatable bonds is 5. The van der Waals surface area contributed by atoms with Gasteiger partial charge in [-0.15, -0.1) is 0 Å². The molecule has 134 valence electrons. The van der Waals surface area contributed by atoms with Crippen LogP contribution in [0.2, 0.25) is 0 Å². The predicted molar refractivity (Wildman–Crippen MR) is 92.9 cm³/mol. The molecule has 1 fully saturated rings. The van der Waals surface area contributed by atoms with Gasteiger partial charge in [0, 0.05) is 18.6 Å². The molecule has 1 aliphatic rings. The highest BCUT2D eigenvalue weighted by Crippen LogP contribution is 2.22. The van der Waals surface area contributed by atoms with Crippen molar-refractivity contribution in [3.05, 3.63) is 35.6 Å². The van der Waals surface area contributed by atoms with Gasteiger partial charge in [0.15, 0.2) is 0 Å². The summed E-state index contributed by atoms with van der Waals surface area (Å²) >= 11 is 0. The van der Waals surface area contributed by atoms with E-state index in [1.54, 1.807) is 17.9 Å². The van der Waals surface area contributed by atoms with Crippen LogP contribution in [0.1, 0.15) is 39.7 Å². The lowest BCUT2D eigenvalue weighted by atomic mass is 10.0. The molecule has 1 aromatic rings. The maximum absolute atomic E-state index is 13.4. The van der Waals surface area contributed by atoms with Gasteiger partial charge >= 0.3 is 0 Å². The third-order valence-electron chi connectivity index (χ3n) is 4.69. The van der Waals surface area contributed by atoms with Gasteiger partial charge in [0.1, 0.15) is 5.82 Å². The molecule has 1 saturated heterocycles. The molecule has 0 aromatic heterocycles.